The van der Waals surface area contributed by atoms with E-state index in [4.69, 9.17) is 17.3 Å². The molecule has 1 aromatic carbocycles. The molecule has 1 rings (SSSR count). The minimum atomic E-state index is -0.385. The average molecular weight is 273 g/mol. The Labute approximate surface area is 112 Å². The van der Waals surface area contributed by atoms with Crippen LogP contribution in [-0.4, -0.2) is 24.4 Å². The topological polar surface area (TPSA) is 46.3 Å². The summed E-state index contributed by atoms with van der Waals surface area (Å²) in [6.07, 6.45) is 2.00. The second-order valence-electron chi connectivity index (χ2n) is 4.20. The Balaban J connectivity index is 2.58. The summed E-state index contributed by atoms with van der Waals surface area (Å²) in [7, 11) is 1.65. The zero-order valence-corrected chi connectivity index (χ0v) is 11.2. The van der Waals surface area contributed by atoms with Gasteiger partial charge in [0.15, 0.2) is 0 Å². The molecule has 0 bridgehead atoms. The van der Waals surface area contributed by atoms with Gasteiger partial charge in [-0.05, 0) is 31.5 Å². The Morgan fingerprint density at radius 2 is 2.17 bits per heavy atom. The highest BCUT2D eigenvalue weighted by Crippen LogP contribution is 2.20. The Morgan fingerprint density at radius 3 is 2.78 bits per heavy atom. The molecule has 2 N–H and O–H groups in total. The highest BCUT2D eigenvalue weighted by atomic mass is 35.5. The number of amides is 1. The van der Waals surface area contributed by atoms with Crippen molar-refractivity contribution in [2.45, 2.75) is 25.8 Å². The summed E-state index contributed by atoms with van der Waals surface area (Å²) in [4.78, 5) is 13.3. The first-order valence-corrected chi connectivity index (χ1v) is 6.31. The van der Waals surface area contributed by atoms with Crippen molar-refractivity contribution in [3.8, 4) is 0 Å². The van der Waals surface area contributed by atoms with E-state index in [0.29, 0.717) is 23.6 Å². The van der Waals surface area contributed by atoms with E-state index in [2.05, 4.69) is 0 Å². The van der Waals surface area contributed by atoms with Gasteiger partial charge in [-0.3, -0.25) is 4.79 Å². The van der Waals surface area contributed by atoms with Crippen molar-refractivity contribution < 1.29 is 9.18 Å². The lowest BCUT2D eigenvalue weighted by Crippen LogP contribution is -2.26. The highest BCUT2D eigenvalue weighted by molar-refractivity contribution is 6.31. The molecule has 0 fully saturated rings. The predicted molar refractivity (Wildman–Crippen MR) is 70.8 cm³/mol. The maximum Gasteiger partial charge on any atom is 0.222 e. The number of hydrogen-bond donors (Lipinski definition) is 1. The maximum atomic E-state index is 13.5. The number of benzene rings is 1. The fourth-order valence-electron chi connectivity index (χ4n) is 1.62. The molecule has 0 unspecified atom stereocenters. The lowest BCUT2D eigenvalue weighted by Gasteiger charge is -2.18. The number of rotatable bonds is 6. The molecule has 0 aliphatic carbocycles. The van der Waals surface area contributed by atoms with Gasteiger partial charge in [0.25, 0.3) is 0 Å². The summed E-state index contributed by atoms with van der Waals surface area (Å²) in [5, 5.41) is 0.344. The minimum Gasteiger partial charge on any atom is -0.341 e. The van der Waals surface area contributed by atoms with Gasteiger partial charge in [0.05, 0.1) is 0 Å². The van der Waals surface area contributed by atoms with Gasteiger partial charge in [0, 0.05) is 30.6 Å². The van der Waals surface area contributed by atoms with Crippen molar-refractivity contribution in [3.63, 3.8) is 0 Å². The molecule has 18 heavy (non-hydrogen) atoms. The first kappa shape index (κ1) is 14.9. The molecule has 5 heteroatoms. The lowest BCUT2D eigenvalue weighted by atomic mass is 10.1. The molecule has 0 saturated carbocycles. The minimum absolute atomic E-state index is 0.0252. The van der Waals surface area contributed by atoms with Crippen LogP contribution in [0.15, 0.2) is 18.2 Å². The summed E-state index contributed by atoms with van der Waals surface area (Å²) in [6, 6.07) is 4.50. The standard InChI is InChI=1S/C13H18ClFN2O/c1-17(13(18)7-2-3-8-16)9-10-11(14)5-4-6-12(10)15/h4-6H,2-3,7-9,16H2,1H3. The Hall–Kier alpha value is -1.13. The second kappa shape index (κ2) is 7.34. The van der Waals surface area contributed by atoms with Gasteiger partial charge in [-0.2, -0.15) is 0 Å². The zero-order chi connectivity index (χ0) is 13.5. The number of carbonyl (C=O) groups is 1. The van der Waals surface area contributed by atoms with E-state index in [9.17, 15) is 9.18 Å². The van der Waals surface area contributed by atoms with Crippen molar-refractivity contribution in [1.29, 1.82) is 0 Å². The summed E-state index contributed by atoms with van der Waals surface area (Å²) in [5.41, 5.74) is 5.72. The molecule has 1 aromatic rings. The van der Waals surface area contributed by atoms with Crippen LogP contribution in [0.25, 0.3) is 0 Å². The zero-order valence-electron chi connectivity index (χ0n) is 10.5. The smallest absolute Gasteiger partial charge is 0.222 e. The lowest BCUT2D eigenvalue weighted by molar-refractivity contribution is -0.130. The molecule has 0 radical (unpaired) electrons. The monoisotopic (exact) mass is 272 g/mol. The molecule has 0 aliphatic heterocycles. The largest absolute Gasteiger partial charge is 0.341 e. The third-order valence-electron chi connectivity index (χ3n) is 2.73. The van der Waals surface area contributed by atoms with E-state index in [-0.39, 0.29) is 18.3 Å². The van der Waals surface area contributed by atoms with E-state index < -0.39 is 0 Å². The van der Waals surface area contributed by atoms with Gasteiger partial charge < -0.3 is 10.6 Å². The second-order valence-corrected chi connectivity index (χ2v) is 4.60. The van der Waals surface area contributed by atoms with Gasteiger partial charge in [-0.1, -0.05) is 17.7 Å². The normalized spacial score (nSPS) is 10.4. The van der Waals surface area contributed by atoms with Gasteiger partial charge >= 0.3 is 0 Å². The summed E-state index contributed by atoms with van der Waals surface area (Å²) >= 11 is 5.91. The molecular formula is C13H18ClFN2O. The van der Waals surface area contributed by atoms with Crippen LogP contribution in [0, 0.1) is 5.82 Å². The quantitative estimate of drug-likeness (QED) is 0.809. The average Bonchev–Trinajstić information content (AvgIpc) is 2.34. The van der Waals surface area contributed by atoms with E-state index in [1.54, 1.807) is 19.2 Å². The van der Waals surface area contributed by atoms with Crippen LogP contribution in [0.2, 0.25) is 5.02 Å². The van der Waals surface area contributed by atoms with Crippen LogP contribution < -0.4 is 5.73 Å². The molecule has 3 nitrogen and oxygen atoms in total. The van der Waals surface area contributed by atoms with Crippen LogP contribution in [0.3, 0.4) is 0 Å². The Morgan fingerprint density at radius 1 is 1.44 bits per heavy atom. The number of nitrogens with two attached hydrogens (primary N) is 1. The van der Waals surface area contributed by atoms with E-state index in [1.807, 2.05) is 0 Å². The van der Waals surface area contributed by atoms with Gasteiger partial charge in [0.2, 0.25) is 5.91 Å². The Bertz CT molecular complexity index is 392. The fraction of sp³-hybridized carbons (Fsp3) is 0.462. The van der Waals surface area contributed by atoms with Crippen LogP contribution in [0.4, 0.5) is 4.39 Å². The third kappa shape index (κ3) is 4.27. The summed E-state index contributed by atoms with van der Waals surface area (Å²) in [5.74, 6) is -0.410. The van der Waals surface area contributed by atoms with Crippen LogP contribution in [0.1, 0.15) is 24.8 Å². The van der Waals surface area contributed by atoms with Crippen molar-refractivity contribution in [2.75, 3.05) is 13.6 Å². The molecule has 0 aliphatic rings. The first-order valence-electron chi connectivity index (χ1n) is 5.93. The Kier molecular flexibility index (Phi) is 6.09. The first-order chi connectivity index (χ1) is 8.56. The number of halogens is 2. The van der Waals surface area contributed by atoms with Crippen LogP contribution in [-0.2, 0) is 11.3 Å². The van der Waals surface area contributed by atoms with Gasteiger partial charge in [0.1, 0.15) is 5.82 Å². The highest BCUT2D eigenvalue weighted by Gasteiger charge is 2.13. The fourth-order valence-corrected chi connectivity index (χ4v) is 1.84. The molecule has 0 saturated heterocycles. The van der Waals surface area contributed by atoms with E-state index >= 15 is 0 Å². The van der Waals surface area contributed by atoms with Crippen molar-refractivity contribution in [1.82, 2.24) is 4.90 Å². The molecule has 0 aromatic heterocycles. The van der Waals surface area contributed by atoms with Crippen molar-refractivity contribution >= 4 is 17.5 Å². The molecular weight excluding hydrogens is 255 g/mol. The molecule has 1 amide bonds. The molecule has 0 atom stereocenters. The SMILES string of the molecule is CN(Cc1c(F)cccc1Cl)C(=O)CCCCN. The predicted octanol–water partition coefficient (Wildman–Crippen LogP) is 2.57. The van der Waals surface area contributed by atoms with Crippen LogP contribution >= 0.6 is 11.6 Å². The van der Waals surface area contributed by atoms with Gasteiger partial charge in [-0.15, -0.1) is 0 Å². The third-order valence-corrected chi connectivity index (χ3v) is 3.08. The van der Waals surface area contributed by atoms with Crippen molar-refractivity contribution in [3.05, 3.63) is 34.6 Å². The molecule has 0 heterocycles. The van der Waals surface area contributed by atoms with Crippen LogP contribution in [0.5, 0.6) is 0 Å². The number of nitrogens with zero attached hydrogens (tertiary/aromatic N) is 1. The van der Waals surface area contributed by atoms with E-state index in [0.717, 1.165) is 12.8 Å². The van der Waals surface area contributed by atoms with E-state index in [1.165, 1.54) is 11.0 Å². The number of hydrogen-bond acceptors (Lipinski definition) is 2. The van der Waals surface area contributed by atoms with Crippen molar-refractivity contribution in [2.24, 2.45) is 5.73 Å². The number of unbranched alkanes of at least 4 members (excludes halogenated alkanes) is 1. The summed E-state index contributed by atoms with van der Waals surface area (Å²) in [6.45, 7) is 0.767. The molecule has 0 spiro atoms. The van der Waals surface area contributed by atoms with Gasteiger partial charge in [-0.25, -0.2) is 4.39 Å². The summed E-state index contributed by atoms with van der Waals surface area (Å²) < 4.78 is 13.5. The maximum absolute atomic E-state index is 13.5. The number of carbonyl (C=O) groups excluding carboxylic acids is 1. The molecule has 100 valence electrons.